The summed E-state index contributed by atoms with van der Waals surface area (Å²) < 4.78 is 10.7. The van der Waals surface area contributed by atoms with E-state index in [0.717, 1.165) is 55.0 Å². The molecule has 6 heteroatoms. The van der Waals surface area contributed by atoms with Crippen LogP contribution in [0.3, 0.4) is 0 Å². The van der Waals surface area contributed by atoms with Gasteiger partial charge >= 0.3 is 5.97 Å². The number of esters is 1. The first-order valence-electron chi connectivity index (χ1n) is 9.80. The molecule has 1 aliphatic heterocycles. The molecule has 1 aromatic carbocycles. The molecule has 1 atom stereocenters. The molecular formula is C22H25NO4S. The van der Waals surface area contributed by atoms with E-state index in [2.05, 4.69) is 19.1 Å². The Hall–Kier alpha value is -2.34. The van der Waals surface area contributed by atoms with Gasteiger partial charge in [0.25, 0.3) is 5.91 Å². The van der Waals surface area contributed by atoms with Gasteiger partial charge in [-0.15, -0.1) is 11.3 Å². The van der Waals surface area contributed by atoms with Gasteiger partial charge in [0.2, 0.25) is 0 Å². The normalized spacial score (nSPS) is 18.2. The van der Waals surface area contributed by atoms with Crippen LogP contribution in [0.5, 0.6) is 5.75 Å². The highest BCUT2D eigenvalue weighted by molar-refractivity contribution is 7.17. The maximum absolute atomic E-state index is 12.5. The lowest BCUT2D eigenvalue weighted by atomic mass is 9.91. The van der Waals surface area contributed by atoms with Gasteiger partial charge < -0.3 is 14.4 Å². The van der Waals surface area contributed by atoms with Gasteiger partial charge in [0.1, 0.15) is 10.6 Å². The number of hydrogen-bond acceptors (Lipinski definition) is 5. The molecule has 1 aliphatic carbocycles. The number of nitrogens with zero attached hydrogens (tertiary/aromatic N) is 1. The number of piperidine rings is 1. The molecule has 2 aliphatic rings. The Kier molecular flexibility index (Phi) is 5.40. The SMILES string of the molecule is COc1ccc2c(c1)CCc1cc(C(=O)OCC(=O)N3CCCC(C)C3)sc1-2. The van der Waals surface area contributed by atoms with E-state index in [0.29, 0.717) is 10.8 Å². The molecule has 1 unspecified atom stereocenters. The summed E-state index contributed by atoms with van der Waals surface area (Å²) in [7, 11) is 1.67. The number of rotatable bonds is 4. The van der Waals surface area contributed by atoms with Crippen molar-refractivity contribution in [2.24, 2.45) is 5.92 Å². The number of aryl methyl sites for hydroxylation is 2. The molecule has 1 fully saturated rings. The highest BCUT2D eigenvalue weighted by Crippen LogP contribution is 2.41. The van der Waals surface area contributed by atoms with E-state index < -0.39 is 5.97 Å². The van der Waals surface area contributed by atoms with Crippen molar-refractivity contribution < 1.29 is 19.1 Å². The van der Waals surface area contributed by atoms with Crippen LogP contribution in [0.15, 0.2) is 24.3 Å². The van der Waals surface area contributed by atoms with Crippen molar-refractivity contribution in [3.05, 3.63) is 40.3 Å². The first-order valence-corrected chi connectivity index (χ1v) is 10.6. The Labute approximate surface area is 169 Å². The molecule has 28 heavy (non-hydrogen) atoms. The monoisotopic (exact) mass is 399 g/mol. The molecule has 2 heterocycles. The van der Waals surface area contributed by atoms with Gasteiger partial charge in [0.05, 0.1) is 7.11 Å². The van der Waals surface area contributed by atoms with Crippen molar-refractivity contribution in [2.75, 3.05) is 26.8 Å². The van der Waals surface area contributed by atoms with E-state index in [4.69, 9.17) is 9.47 Å². The second-order valence-corrected chi connectivity index (χ2v) is 8.70. The fourth-order valence-electron chi connectivity index (χ4n) is 4.04. The second-order valence-electron chi connectivity index (χ2n) is 7.65. The zero-order valence-electron chi connectivity index (χ0n) is 16.3. The fraction of sp³-hybridized carbons (Fsp3) is 0.455. The van der Waals surface area contributed by atoms with Crippen molar-refractivity contribution in [3.63, 3.8) is 0 Å². The van der Waals surface area contributed by atoms with Gasteiger partial charge in [-0.3, -0.25) is 4.79 Å². The zero-order chi connectivity index (χ0) is 19.7. The summed E-state index contributed by atoms with van der Waals surface area (Å²) in [5, 5.41) is 0. The summed E-state index contributed by atoms with van der Waals surface area (Å²) in [5.74, 6) is 0.853. The molecule has 1 amide bonds. The first-order chi connectivity index (χ1) is 13.5. The van der Waals surface area contributed by atoms with Crippen molar-refractivity contribution in [2.45, 2.75) is 32.6 Å². The predicted molar refractivity (Wildman–Crippen MR) is 109 cm³/mol. The third-order valence-electron chi connectivity index (χ3n) is 5.57. The number of carbonyl (C=O) groups is 2. The quantitative estimate of drug-likeness (QED) is 0.731. The Morgan fingerprint density at radius 2 is 2.04 bits per heavy atom. The summed E-state index contributed by atoms with van der Waals surface area (Å²) >= 11 is 1.45. The lowest BCUT2D eigenvalue weighted by Crippen LogP contribution is -2.41. The summed E-state index contributed by atoms with van der Waals surface area (Å²) in [6.07, 6.45) is 3.99. The van der Waals surface area contributed by atoms with Crippen LogP contribution in [0.4, 0.5) is 0 Å². The molecular weight excluding hydrogens is 374 g/mol. The minimum Gasteiger partial charge on any atom is -0.497 e. The Bertz CT molecular complexity index is 904. The standard InChI is InChI=1S/C22H25NO4S/c1-14-4-3-9-23(12-14)20(24)13-27-22(25)19-11-16-6-5-15-10-17(26-2)7-8-18(15)21(16)28-19/h7-8,10-11,14H,3-6,9,12-13H2,1-2H3. The summed E-state index contributed by atoms with van der Waals surface area (Å²) in [5.41, 5.74) is 3.57. The van der Waals surface area contributed by atoms with Gasteiger partial charge in [-0.25, -0.2) is 4.79 Å². The molecule has 1 saturated heterocycles. The molecule has 4 rings (SSSR count). The number of methoxy groups -OCH3 is 1. The number of carbonyl (C=O) groups excluding carboxylic acids is 2. The highest BCUT2D eigenvalue weighted by atomic mass is 32.1. The van der Waals surface area contributed by atoms with Crippen LogP contribution in [-0.2, 0) is 22.4 Å². The number of thiophene rings is 1. The van der Waals surface area contributed by atoms with Crippen LogP contribution in [0.25, 0.3) is 10.4 Å². The third-order valence-corrected chi connectivity index (χ3v) is 6.76. The maximum Gasteiger partial charge on any atom is 0.348 e. The van der Waals surface area contributed by atoms with E-state index in [9.17, 15) is 9.59 Å². The molecule has 0 bridgehead atoms. The van der Waals surface area contributed by atoms with Crippen LogP contribution >= 0.6 is 11.3 Å². The number of likely N-dealkylation sites (tertiary alicyclic amines) is 1. The summed E-state index contributed by atoms with van der Waals surface area (Å²) in [6, 6.07) is 7.99. The van der Waals surface area contributed by atoms with Gasteiger partial charge in [0.15, 0.2) is 6.61 Å². The largest absolute Gasteiger partial charge is 0.497 e. The van der Waals surface area contributed by atoms with Crippen LogP contribution in [0.1, 0.15) is 40.6 Å². The number of benzene rings is 1. The lowest BCUT2D eigenvalue weighted by molar-refractivity contribution is -0.136. The van der Waals surface area contributed by atoms with Crippen molar-refractivity contribution in [3.8, 4) is 16.2 Å². The Balaban J connectivity index is 1.43. The number of ether oxygens (including phenoxy) is 2. The predicted octanol–water partition coefficient (Wildman–Crippen LogP) is 3.94. The molecule has 0 saturated carbocycles. The lowest BCUT2D eigenvalue weighted by Gasteiger charge is -2.30. The average molecular weight is 400 g/mol. The molecule has 0 N–H and O–H groups in total. The van der Waals surface area contributed by atoms with Gasteiger partial charge in [-0.05, 0) is 72.6 Å². The molecule has 0 spiro atoms. The van der Waals surface area contributed by atoms with Crippen molar-refractivity contribution in [1.82, 2.24) is 4.90 Å². The number of hydrogen-bond donors (Lipinski definition) is 0. The van der Waals surface area contributed by atoms with Gasteiger partial charge in [0, 0.05) is 18.0 Å². The van der Waals surface area contributed by atoms with Crippen LogP contribution in [-0.4, -0.2) is 43.6 Å². The number of fused-ring (bicyclic) bond motifs is 3. The second kappa shape index (κ2) is 7.95. The smallest absolute Gasteiger partial charge is 0.348 e. The van der Waals surface area contributed by atoms with Crippen molar-refractivity contribution in [1.29, 1.82) is 0 Å². The van der Waals surface area contributed by atoms with Crippen molar-refractivity contribution >= 4 is 23.2 Å². The maximum atomic E-state index is 12.5. The van der Waals surface area contributed by atoms with E-state index in [-0.39, 0.29) is 12.5 Å². The average Bonchev–Trinajstić information content (AvgIpc) is 3.16. The molecule has 148 valence electrons. The molecule has 5 nitrogen and oxygen atoms in total. The van der Waals surface area contributed by atoms with E-state index in [1.165, 1.54) is 22.5 Å². The van der Waals surface area contributed by atoms with E-state index >= 15 is 0 Å². The fourth-order valence-corrected chi connectivity index (χ4v) is 5.21. The van der Waals surface area contributed by atoms with E-state index in [1.807, 2.05) is 17.0 Å². The van der Waals surface area contributed by atoms with Gasteiger partial charge in [-0.2, -0.15) is 0 Å². The van der Waals surface area contributed by atoms with Crippen LogP contribution < -0.4 is 4.74 Å². The Morgan fingerprint density at radius 3 is 2.82 bits per heavy atom. The minimum atomic E-state index is -0.409. The minimum absolute atomic E-state index is 0.0985. The topological polar surface area (TPSA) is 55.8 Å². The first kappa shape index (κ1) is 19.0. The molecule has 0 radical (unpaired) electrons. The van der Waals surface area contributed by atoms with Crippen LogP contribution in [0.2, 0.25) is 0 Å². The zero-order valence-corrected chi connectivity index (χ0v) is 17.1. The highest BCUT2D eigenvalue weighted by Gasteiger charge is 2.25. The van der Waals surface area contributed by atoms with Gasteiger partial charge in [-0.1, -0.05) is 6.92 Å². The van der Waals surface area contributed by atoms with Crippen LogP contribution in [0, 0.1) is 5.92 Å². The molecule has 2 aromatic rings. The Morgan fingerprint density at radius 1 is 1.21 bits per heavy atom. The summed E-state index contributed by atoms with van der Waals surface area (Å²) in [6.45, 7) is 3.48. The summed E-state index contributed by atoms with van der Waals surface area (Å²) in [4.78, 5) is 28.4. The number of amides is 1. The van der Waals surface area contributed by atoms with E-state index in [1.54, 1.807) is 7.11 Å². The third kappa shape index (κ3) is 3.78. The molecule has 1 aromatic heterocycles.